The number of allylic oxidation sites excluding steroid dienone is 6. The van der Waals surface area contributed by atoms with Gasteiger partial charge in [0.1, 0.15) is 10.8 Å². The topological polar surface area (TPSA) is 0 Å². The van der Waals surface area contributed by atoms with Gasteiger partial charge in [-0.2, -0.15) is 92.2 Å². The van der Waals surface area contributed by atoms with Crippen LogP contribution in [0.4, 0.5) is 158 Å². The number of alkyl halides is 30. The largest absolute Gasteiger partial charge is 0.397 e. The van der Waals surface area contributed by atoms with E-state index in [1.54, 1.807) is 0 Å². The summed E-state index contributed by atoms with van der Waals surface area (Å²) in [4.78, 5) is 0. The lowest BCUT2D eigenvalue weighted by molar-refractivity contribution is -0.327. The molecule has 10 unspecified atom stereocenters. The molecule has 0 spiro atoms. The zero-order valence-electron chi connectivity index (χ0n) is 32.2. The molecule has 10 atom stereocenters. The van der Waals surface area contributed by atoms with Gasteiger partial charge in [-0.05, 0) is 27.7 Å². The Morgan fingerprint density at radius 2 is 0.485 bits per heavy atom. The molecule has 396 valence electrons. The molecule has 3 saturated carbocycles. The highest BCUT2D eigenvalue weighted by atomic mass is 19.4. The Morgan fingerprint density at radius 3 is 0.676 bits per heavy atom. The van der Waals surface area contributed by atoms with Crippen molar-refractivity contribution in [2.24, 2.45) is 16.7 Å². The third-order valence-corrected chi connectivity index (χ3v) is 13.3. The number of rotatable bonds is 3. The zero-order valence-corrected chi connectivity index (χ0v) is 32.2. The van der Waals surface area contributed by atoms with E-state index in [-0.39, 0.29) is 0 Å². The van der Waals surface area contributed by atoms with Crippen LogP contribution < -0.4 is 0 Å². The molecule has 0 N–H and O–H groups in total. The summed E-state index contributed by atoms with van der Waals surface area (Å²) in [5.74, 6) is -65.2. The van der Waals surface area contributed by atoms with Gasteiger partial charge in [-0.25, -0.2) is 65.9 Å². The highest BCUT2D eigenvalue weighted by Gasteiger charge is 3.09. The van der Waals surface area contributed by atoms with E-state index in [0.29, 0.717) is 0 Å². The van der Waals surface area contributed by atoms with Crippen LogP contribution in [0, 0.1) is 16.7 Å². The van der Waals surface area contributed by atoms with E-state index in [1.807, 2.05) is 0 Å². The van der Waals surface area contributed by atoms with E-state index < -0.39 is 191 Å². The molecule has 68 heavy (non-hydrogen) atoms. The summed E-state index contributed by atoms with van der Waals surface area (Å²) >= 11 is 0. The van der Waals surface area contributed by atoms with Crippen LogP contribution in [-0.2, 0) is 0 Å². The normalized spacial score (nSPS) is 43.2. The van der Waals surface area contributed by atoms with E-state index >= 15 is 0 Å². The highest BCUT2D eigenvalue weighted by Crippen LogP contribution is 2.84. The van der Waals surface area contributed by atoms with Crippen LogP contribution in [0.5, 0.6) is 0 Å². The van der Waals surface area contributed by atoms with Gasteiger partial charge in [0.2, 0.25) is 17.0 Å². The summed E-state index contributed by atoms with van der Waals surface area (Å²) in [5.41, 5.74) is -64.9. The van der Waals surface area contributed by atoms with Crippen LogP contribution >= 0.6 is 0 Å². The minimum absolute atomic E-state index is 0.479. The van der Waals surface area contributed by atoms with Crippen molar-refractivity contribution in [3.8, 4) is 0 Å². The second kappa shape index (κ2) is 13.2. The van der Waals surface area contributed by atoms with E-state index in [0.717, 1.165) is 0 Å². The Morgan fingerprint density at radius 1 is 0.294 bits per heavy atom. The second-order valence-electron chi connectivity index (χ2n) is 16.8. The van der Waals surface area contributed by atoms with Crippen LogP contribution in [-0.4, -0.2) is 105 Å². The van der Waals surface area contributed by atoms with Crippen molar-refractivity contribution < 1.29 is 158 Å². The maximum atomic E-state index is 14.6. The Balaban J connectivity index is 0.000000222. The fourth-order valence-corrected chi connectivity index (χ4v) is 8.78. The van der Waals surface area contributed by atoms with E-state index in [9.17, 15) is 158 Å². The van der Waals surface area contributed by atoms with Crippen LogP contribution in [0.25, 0.3) is 0 Å². The van der Waals surface area contributed by atoms with Crippen molar-refractivity contribution in [3.63, 3.8) is 0 Å². The summed E-state index contributed by atoms with van der Waals surface area (Å²) in [6, 6.07) is 0. The molecule has 6 aliphatic rings. The van der Waals surface area contributed by atoms with Gasteiger partial charge in [0.15, 0.2) is 35.0 Å². The molecule has 6 aliphatic carbocycles. The van der Waals surface area contributed by atoms with Crippen molar-refractivity contribution in [2.45, 2.75) is 140 Å². The first-order valence-electron chi connectivity index (χ1n) is 17.0. The Hall–Kier alpha value is -3.30. The van der Waals surface area contributed by atoms with Crippen molar-refractivity contribution in [3.05, 3.63) is 35.0 Å². The van der Waals surface area contributed by atoms with E-state index in [4.69, 9.17) is 0 Å². The minimum Gasteiger partial charge on any atom is -0.232 e. The highest BCUT2D eigenvalue weighted by molar-refractivity contribution is 5.57. The molecular formula is C32H16F36. The molecule has 0 aromatic heterocycles. The summed E-state index contributed by atoms with van der Waals surface area (Å²) in [5, 5.41) is 0. The SMILES string of the molecule is CC(C(F)(F)F)C1(F)C(F)(F)C2(F)C(F)=C(F)C1(F)C2(F)F.CC(C)(C(F)(F)F)C1(F)C(F)(F)C2(F)C(F)=C(F)C1(F)C2(F)F.CC(C)(C(F)(F)F)C1(F)C(F)(F)C2(F)C(F)=C(F)C1(F)C2(F)F. The van der Waals surface area contributed by atoms with Gasteiger partial charge in [0.25, 0.3) is 34.0 Å². The third kappa shape index (κ3) is 4.60. The lowest BCUT2D eigenvalue weighted by atomic mass is 9.64. The number of hydrogen-bond donors (Lipinski definition) is 0. The average molecular weight is 1080 g/mol. The predicted octanol–water partition coefficient (Wildman–Crippen LogP) is 15.1. The first kappa shape index (κ1) is 57.3. The van der Waals surface area contributed by atoms with Gasteiger partial charge >= 0.3 is 54.1 Å². The minimum atomic E-state index is -6.56. The molecule has 0 radical (unpaired) electrons. The predicted molar refractivity (Wildman–Crippen MR) is 147 cm³/mol. The Labute approximate surface area is 350 Å². The molecule has 0 aliphatic heterocycles. The smallest absolute Gasteiger partial charge is 0.232 e. The standard InChI is InChI=1S/2C11H6F12.C10H4F12/c2*1-5(2,11(21,22)23)8(16)6(14)3(12)4(13)7(15,9(6,17)18)10(8,19)20;1-2(8(16,17)18)5(13)6(14)3(11)4(12)7(15,9(5,19)20)10(6,21)22/h2*1-2H3;2H,1H3. The lowest BCUT2D eigenvalue weighted by Gasteiger charge is -2.48. The molecule has 0 amide bonds. The summed E-state index contributed by atoms with van der Waals surface area (Å²) in [6.07, 6.45) is -18.3. The molecule has 0 nitrogen and oxygen atoms in total. The van der Waals surface area contributed by atoms with E-state index in [1.165, 1.54) is 0 Å². The van der Waals surface area contributed by atoms with Gasteiger partial charge in [-0.3, -0.25) is 0 Å². The van der Waals surface area contributed by atoms with Crippen molar-refractivity contribution in [2.75, 3.05) is 0 Å². The molecule has 0 aromatic rings. The second-order valence-corrected chi connectivity index (χ2v) is 16.8. The van der Waals surface area contributed by atoms with Gasteiger partial charge < -0.3 is 0 Å². The fourth-order valence-electron chi connectivity index (χ4n) is 8.78. The molecule has 0 saturated heterocycles. The van der Waals surface area contributed by atoms with Crippen LogP contribution in [0.1, 0.15) is 34.6 Å². The molecule has 3 fully saturated rings. The molecule has 6 bridgehead atoms. The average Bonchev–Trinajstić information content (AvgIpc) is 3.51. The maximum Gasteiger partial charge on any atom is 0.397 e. The number of fused-ring (bicyclic) bond motifs is 6. The van der Waals surface area contributed by atoms with Gasteiger partial charge in [0.05, 0.1) is 5.92 Å². The van der Waals surface area contributed by atoms with Gasteiger partial charge in [-0.15, -0.1) is 0 Å². The maximum absolute atomic E-state index is 14.6. The quantitative estimate of drug-likeness (QED) is 0.247. The van der Waals surface area contributed by atoms with Gasteiger partial charge in [0, 0.05) is 0 Å². The first-order chi connectivity index (χ1) is 29.1. The molecule has 0 aromatic carbocycles. The Kier molecular flexibility index (Phi) is 11.1. The summed E-state index contributed by atoms with van der Waals surface area (Å²) in [7, 11) is 0. The van der Waals surface area contributed by atoms with Crippen molar-refractivity contribution >= 4 is 0 Å². The van der Waals surface area contributed by atoms with E-state index in [2.05, 4.69) is 0 Å². The molecule has 36 heteroatoms. The Bertz CT molecular complexity index is 2150. The summed E-state index contributed by atoms with van der Waals surface area (Å²) in [6.45, 7) is -2.41. The zero-order chi connectivity index (χ0) is 55.0. The molecule has 0 heterocycles. The first-order valence-corrected chi connectivity index (χ1v) is 17.0. The van der Waals surface area contributed by atoms with Crippen LogP contribution in [0.3, 0.4) is 0 Å². The van der Waals surface area contributed by atoms with Crippen LogP contribution in [0.2, 0.25) is 0 Å². The monoisotopic (exact) mass is 1080 g/mol. The number of halogens is 36. The lowest BCUT2D eigenvalue weighted by Crippen LogP contribution is -2.70. The third-order valence-electron chi connectivity index (χ3n) is 13.3. The van der Waals surface area contributed by atoms with Crippen LogP contribution in [0.15, 0.2) is 35.0 Å². The van der Waals surface area contributed by atoms with Crippen molar-refractivity contribution in [1.29, 1.82) is 0 Å². The molecular weight excluding hydrogens is 1070 g/mol. The fraction of sp³-hybridized carbons (Fsp3) is 0.812. The summed E-state index contributed by atoms with van der Waals surface area (Å²) < 4.78 is 485. The molecule has 6 rings (SSSR count). The van der Waals surface area contributed by atoms with Gasteiger partial charge in [-0.1, -0.05) is 6.92 Å². The van der Waals surface area contributed by atoms with Crippen molar-refractivity contribution in [1.82, 2.24) is 0 Å². The number of hydrogen-bond acceptors (Lipinski definition) is 0.